The Balaban J connectivity index is 1.88. The number of hydrogen-bond donors (Lipinski definition) is 3. The smallest absolute Gasteiger partial charge is 0.315 e. The van der Waals surface area contributed by atoms with Gasteiger partial charge in [-0.25, -0.2) is 4.79 Å². The number of aliphatic hydroxyl groups is 1. The summed E-state index contributed by atoms with van der Waals surface area (Å²) in [6.45, 7) is 6.72. The lowest BCUT2D eigenvalue weighted by Crippen LogP contribution is -2.60. The van der Waals surface area contributed by atoms with Gasteiger partial charge < -0.3 is 20.3 Å². The Morgan fingerprint density at radius 2 is 2.35 bits per heavy atom. The van der Waals surface area contributed by atoms with Crippen LogP contribution >= 0.6 is 0 Å². The number of amides is 2. The summed E-state index contributed by atoms with van der Waals surface area (Å²) in [5.74, 6) is 0.945. The van der Waals surface area contributed by atoms with Crippen LogP contribution in [0, 0.1) is 11.3 Å². The van der Waals surface area contributed by atoms with E-state index in [4.69, 9.17) is 9.63 Å². The maximum atomic E-state index is 11.6. The first-order valence-electron chi connectivity index (χ1n) is 7.07. The zero-order chi connectivity index (χ0) is 14.8. The van der Waals surface area contributed by atoms with Crippen molar-refractivity contribution in [2.45, 2.75) is 46.3 Å². The lowest BCUT2D eigenvalue weighted by atomic mass is 9.57. The summed E-state index contributed by atoms with van der Waals surface area (Å²) in [5, 5.41) is 18.7. The van der Waals surface area contributed by atoms with E-state index in [1.807, 2.05) is 6.92 Å². The van der Waals surface area contributed by atoms with Crippen LogP contribution in [0.15, 0.2) is 10.6 Å². The second-order valence-corrected chi connectivity index (χ2v) is 5.96. The SMILES string of the molecule is CCNC(=O)NC1CC(Cc2cc(CO)on2)C1(C)C. The van der Waals surface area contributed by atoms with Crippen LogP contribution in [-0.4, -0.2) is 28.9 Å². The predicted octanol–water partition coefficient (Wildman–Crippen LogP) is 1.44. The molecular formula is C14H23N3O3. The molecule has 0 aromatic carbocycles. The largest absolute Gasteiger partial charge is 0.388 e. The topological polar surface area (TPSA) is 87.4 Å². The molecule has 20 heavy (non-hydrogen) atoms. The fraction of sp³-hybridized carbons (Fsp3) is 0.714. The number of carbonyl (C=O) groups excluding carboxylic acids is 1. The molecule has 1 heterocycles. The molecule has 1 aliphatic carbocycles. The number of nitrogens with zero attached hydrogens (tertiary/aromatic N) is 1. The number of hydrogen-bond acceptors (Lipinski definition) is 4. The van der Waals surface area contributed by atoms with Crippen molar-refractivity contribution >= 4 is 6.03 Å². The van der Waals surface area contributed by atoms with E-state index in [9.17, 15) is 4.79 Å². The maximum Gasteiger partial charge on any atom is 0.315 e. The second-order valence-electron chi connectivity index (χ2n) is 5.96. The summed E-state index contributed by atoms with van der Waals surface area (Å²) in [4.78, 5) is 11.6. The van der Waals surface area contributed by atoms with Crippen molar-refractivity contribution in [3.05, 3.63) is 17.5 Å². The quantitative estimate of drug-likeness (QED) is 0.762. The summed E-state index contributed by atoms with van der Waals surface area (Å²) in [5.41, 5.74) is 0.896. The average Bonchev–Trinajstić information content (AvgIpc) is 2.85. The molecular weight excluding hydrogens is 258 g/mol. The molecule has 1 saturated carbocycles. The van der Waals surface area contributed by atoms with Crippen LogP contribution in [0.4, 0.5) is 4.79 Å². The predicted molar refractivity (Wildman–Crippen MR) is 74.0 cm³/mol. The summed E-state index contributed by atoms with van der Waals surface area (Å²) in [6.07, 6.45) is 1.75. The molecule has 3 N–H and O–H groups in total. The number of aromatic nitrogens is 1. The Bertz CT molecular complexity index is 470. The van der Waals surface area contributed by atoms with E-state index in [1.54, 1.807) is 6.07 Å². The Hall–Kier alpha value is -1.56. The van der Waals surface area contributed by atoms with Crippen LogP contribution in [0.2, 0.25) is 0 Å². The molecule has 0 bridgehead atoms. The van der Waals surface area contributed by atoms with E-state index in [-0.39, 0.29) is 24.1 Å². The van der Waals surface area contributed by atoms with Crippen molar-refractivity contribution in [3.63, 3.8) is 0 Å². The minimum absolute atomic E-state index is 0.0312. The van der Waals surface area contributed by atoms with Crippen LogP contribution in [0.5, 0.6) is 0 Å². The first-order chi connectivity index (χ1) is 9.47. The number of urea groups is 1. The van der Waals surface area contributed by atoms with Crippen LogP contribution in [0.1, 0.15) is 38.6 Å². The zero-order valence-electron chi connectivity index (χ0n) is 12.3. The standard InChI is InChI=1S/C14H23N3O3/c1-4-15-13(19)16-12-6-9(14(12,2)3)5-10-7-11(8-18)20-17-10/h7,9,12,18H,4-6,8H2,1-3H3,(H2,15,16,19). The van der Waals surface area contributed by atoms with E-state index < -0.39 is 0 Å². The van der Waals surface area contributed by atoms with Crippen LogP contribution in [-0.2, 0) is 13.0 Å². The number of aliphatic hydroxyl groups excluding tert-OH is 1. The van der Waals surface area contributed by atoms with Crippen molar-refractivity contribution in [2.24, 2.45) is 11.3 Å². The number of nitrogens with one attached hydrogen (secondary N) is 2. The molecule has 2 rings (SSSR count). The Morgan fingerprint density at radius 3 is 2.90 bits per heavy atom. The van der Waals surface area contributed by atoms with E-state index in [0.29, 0.717) is 18.2 Å². The van der Waals surface area contributed by atoms with Gasteiger partial charge in [0.25, 0.3) is 0 Å². The highest BCUT2D eigenvalue weighted by molar-refractivity contribution is 5.74. The minimum atomic E-state index is -0.123. The van der Waals surface area contributed by atoms with Crippen LogP contribution in [0.25, 0.3) is 0 Å². The molecule has 1 aromatic rings. The lowest BCUT2D eigenvalue weighted by molar-refractivity contribution is 0.0201. The molecule has 2 atom stereocenters. The summed E-state index contributed by atoms with van der Waals surface area (Å²) >= 11 is 0. The molecule has 6 heteroatoms. The molecule has 112 valence electrons. The number of carbonyl (C=O) groups is 1. The zero-order valence-corrected chi connectivity index (χ0v) is 12.3. The van der Waals surface area contributed by atoms with Gasteiger partial charge in [-0.3, -0.25) is 0 Å². The first-order valence-corrected chi connectivity index (χ1v) is 7.07. The molecule has 2 amide bonds. The van der Waals surface area contributed by atoms with E-state index in [2.05, 4.69) is 29.6 Å². The fourth-order valence-electron chi connectivity index (χ4n) is 2.76. The van der Waals surface area contributed by atoms with Crippen molar-refractivity contribution < 1.29 is 14.4 Å². The van der Waals surface area contributed by atoms with Gasteiger partial charge in [0.1, 0.15) is 6.61 Å². The molecule has 0 saturated heterocycles. The molecule has 6 nitrogen and oxygen atoms in total. The lowest BCUT2D eigenvalue weighted by Gasteiger charge is -2.52. The van der Waals surface area contributed by atoms with E-state index in [1.165, 1.54) is 0 Å². The van der Waals surface area contributed by atoms with Crippen molar-refractivity contribution in [1.29, 1.82) is 0 Å². The highest BCUT2D eigenvalue weighted by Gasteiger charge is 2.48. The Kier molecular flexibility index (Phi) is 4.32. The van der Waals surface area contributed by atoms with Gasteiger partial charge in [-0.15, -0.1) is 0 Å². The maximum absolute atomic E-state index is 11.6. The monoisotopic (exact) mass is 281 g/mol. The van der Waals surface area contributed by atoms with Gasteiger partial charge in [-0.2, -0.15) is 0 Å². The molecule has 0 aliphatic heterocycles. The molecule has 1 aromatic heterocycles. The Morgan fingerprint density at radius 1 is 1.60 bits per heavy atom. The number of rotatable bonds is 5. The molecule has 1 aliphatic rings. The van der Waals surface area contributed by atoms with Gasteiger partial charge in [-0.1, -0.05) is 19.0 Å². The molecule has 0 spiro atoms. The van der Waals surface area contributed by atoms with Gasteiger partial charge in [0.15, 0.2) is 5.76 Å². The average molecular weight is 281 g/mol. The second kappa shape index (κ2) is 5.83. The highest BCUT2D eigenvalue weighted by atomic mass is 16.5. The van der Waals surface area contributed by atoms with E-state index >= 15 is 0 Å². The van der Waals surface area contributed by atoms with Gasteiger partial charge in [-0.05, 0) is 31.1 Å². The minimum Gasteiger partial charge on any atom is -0.388 e. The normalized spacial score (nSPS) is 24.0. The summed E-state index contributed by atoms with van der Waals surface area (Å²) in [6, 6.07) is 1.87. The van der Waals surface area contributed by atoms with Gasteiger partial charge in [0.05, 0.1) is 5.69 Å². The first kappa shape index (κ1) is 14.8. The van der Waals surface area contributed by atoms with Gasteiger partial charge in [0, 0.05) is 18.7 Å². The molecule has 2 unspecified atom stereocenters. The Labute approximate surface area is 118 Å². The molecule has 1 fully saturated rings. The molecule has 0 radical (unpaired) electrons. The summed E-state index contributed by atoms with van der Waals surface area (Å²) < 4.78 is 5.00. The third-order valence-electron chi connectivity index (χ3n) is 4.33. The van der Waals surface area contributed by atoms with Crippen molar-refractivity contribution in [1.82, 2.24) is 15.8 Å². The third-order valence-corrected chi connectivity index (χ3v) is 4.33. The van der Waals surface area contributed by atoms with Gasteiger partial charge in [0.2, 0.25) is 0 Å². The highest BCUT2D eigenvalue weighted by Crippen LogP contribution is 2.47. The van der Waals surface area contributed by atoms with Crippen molar-refractivity contribution in [2.75, 3.05) is 6.54 Å². The van der Waals surface area contributed by atoms with E-state index in [0.717, 1.165) is 18.5 Å². The van der Waals surface area contributed by atoms with Crippen molar-refractivity contribution in [3.8, 4) is 0 Å². The van der Waals surface area contributed by atoms with Crippen LogP contribution in [0.3, 0.4) is 0 Å². The van der Waals surface area contributed by atoms with Crippen LogP contribution < -0.4 is 10.6 Å². The summed E-state index contributed by atoms with van der Waals surface area (Å²) in [7, 11) is 0. The van der Waals surface area contributed by atoms with Gasteiger partial charge >= 0.3 is 6.03 Å². The fourth-order valence-corrected chi connectivity index (χ4v) is 2.76. The third kappa shape index (κ3) is 2.95.